The minimum Gasteiger partial charge on any atom is -0.339 e. The molecule has 2 rings (SSSR count). The maximum Gasteiger partial charge on any atom is 0.257 e. The lowest BCUT2D eigenvalue weighted by molar-refractivity contribution is 0.0663. The highest BCUT2D eigenvalue weighted by atomic mass is 19.1. The van der Waals surface area contributed by atoms with Crippen molar-refractivity contribution in [1.82, 2.24) is 9.88 Å². The molecule has 110 valence electrons. The largest absolute Gasteiger partial charge is 0.339 e. The van der Waals surface area contributed by atoms with Crippen LogP contribution >= 0.6 is 0 Å². The number of pyridine rings is 1. The van der Waals surface area contributed by atoms with Gasteiger partial charge in [-0.15, -0.1) is 0 Å². The van der Waals surface area contributed by atoms with Gasteiger partial charge in [-0.3, -0.25) is 4.79 Å². The number of nitrogens with zero attached hydrogens (tertiary/aromatic N) is 2. The van der Waals surface area contributed by atoms with Gasteiger partial charge in [-0.25, -0.2) is 15.2 Å². The van der Waals surface area contributed by atoms with Gasteiger partial charge in [0.25, 0.3) is 5.91 Å². The Morgan fingerprint density at radius 2 is 2.15 bits per heavy atom. The summed E-state index contributed by atoms with van der Waals surface area (Å²) in [6.45, 7) is 5.75. The summed E-state index contributed by atoms with van der Waals surface area (Å²) >= 11 is 0. The van der Waals surface area contributed by atoms with Crippen LogP contribution in [0.15, 0.2) is 12.3 Å². The Hall–Kier alpha value is -1.69. The van der Waals surface area contributed by atoms with Gasteiger partial charge < -0.3 is 10.3 Å². The number of carbonyl (C=O) groups is 1. The molecule has 0 saturated carbocycles. The molecule has 1 saturated heterocycles. The summed E-state index contributed by atoms with van der Waals surface area (Å²) in [5, 5.41) is 0. The van der Waals surface area contributed by atoms with Crippen LogP contribution in [0, 0.1) is 17.7 Å². The number of carbonyl (C=O) groups excluding carboxylic acids is 1. The van der Waals surface area contributed by atoms with Crippen LogP contribution in [0.2, 0.25) is 0 Å². The number of aromatic nitrogens is 1. The predicted molar refractivity (Wildman–Crippen MR) is 75.5 cm³/mol. The SMILES string of the molecule is CC(C)C1CCN(C(=O)c2ccnc(NN)c2F)CC1. The number of hydrazine groups is 1. The summed E-state index contributed by atoms with van der Waals surface area (Å²) in [6.07, 6.45) is 3.32. The molecule has 2 heterocycles. The predicted octanol–water partition coefficient (Wildman–Crippen LogP) is 2.01. The lowest BCUT2D eigenvalue weighted by atomic mass is 9.86. The van der Waals surface area contributed by atoms with Crippen LogP contribution in [0.3, 0.4) is 0 Å². The number of piperidine rings is 1. The Morgan fingerprint density at radius 1 is 1.50 bits per heavy atom. The van der Waals surface area contributed by atoms with Crippen molar-refractivity contribution in [2.75, 3.05) is 18.5 Å². The fraction of sp³-hybridized carbons (Fsp3) is 0.571. The van der Waals surface area contributed by atoms with Crippen LogP contribution < -0.4 is 11.3 Å². The van der Waals surface area contributed by atoms with E-state index in [1.165, 1.54) is 12.3 Å². The van der Waals surface area contributed by atoms with E-state index in [0.717, 1.165) is 12.8 Å². The minimum absolute atomic E-state index is 0.0240. The normalized spacial score (nSPS) is 16.6. The molecule has 0 atom stereocenters. The summed E-state index contributed by atoms with van der Waals surface area (Å²) in [4.78, 5) is 17.8. The van der Waals surface area contributed by atoms with E-state index in [0.29, 0.717) is 24.9 Å². The number of nitrogen functional groups attached to an aromatic ring is 1. The smallest absolute Gasteiger partial charge is 0.257 e. The quantitative estimate of drug-likeness (QED) is 0.656. The highest BCUT2D eigenvalue weighted by Crippen LogP contribution is 2.26. The topological polar surface area (TPSA) is 71.2 Å². The van der Waals surface area contributed by atoms with Crippen molar-refractivity contribution < 1.29 is 9.18 Å². The molecule has 5 nitrogen and oxygen atoms in total. The summed E-state index contributed by atoms with van der Waals surface area (Å²) in [6, 6.07) is 1.40. The van der Waals surface area contributed by atoms with Gasteiger partial charge in [-0.2, -0.15) is 0 Å². The van der Waals surface area contributed by atoms with Crippen molar-refractivity contribution in [3.63, 3.8) is 0 Å². The molecule has 0 radical (unpaired) electrons. The molecule has 6 heteroatoms. The van der Waals surface area contributed by atoms with E-state index < -0.39 is 5.82 Å². The number of anilines is 1. The minimum atomic E-state index is -0.689. The molecule has 1 aliphatic heterocycles. The van der Waals surface area contributed by atoms with E-state index in [-0.39, 0.29) is 17.3 Å². The van der Waals surface area contributed by atoms with Gasteiger partial charge in [-0.1, -0.05) is 13.8 Å². The number of likely N-dealkylation sites (tertiary alicyclic amines) is 1. The van der Waals surface area contributed by atoms with Gasteiger partial charge in [0.2, 0.25) is 0 Å². The number of nitrogens with two attached hydrogens (primary N) is 1. The van der Waals surface area contributed by atoms with Crippen molar-refractivity contribution in [2.24, 2.45) is 17.7 Å². The van der Waals surface area contributed by atoms with Crippen molar-refractivity contribution in [3.8, 4) is 0 Å². The van der Waals surface area contributed by atoms with E-state index in [4.69, 9.17) is 5.84 Å². The molecule has 3 N–H and O–H groups in total. The van der Waals surface area contributed by atoms with Crippen molar-refractivity contribution in [2.45, 2.75) is 26.7 Å². The van der Waals surface area contributed by atoms with E-state index in [9.17, 15) is 9.18 Å². The third-order valence-electron chi connectivity index (χ3n) is 4.03. The lowest BCUT2D eigenvalue weighted by Gasteiger charge is -2.34. The zero-order chi connectivity index (χ0) is 14.7. The van der Waals surface area contributed by atoms with E-state index in [1.54, 1.807) is 4.90 Å². The van der Waals surface area contributed by atoms with Crippen LogP contribution in [0.5, 0.6) is 0 Å². The standard InChI is InChI=1S/C14H21FN4O/c1-9(2)10-4-7-19(8-5-10)14(20)11-3-6-17-13(18-16)12(11)15/h3,6,9-10H,4-5,7-8,16H2,1-2H3,(H,17,18). The number of nitrogens with one attached hydrogen (secondary N) is 1. The molecule has 20 heavy (non-hydrogen) atoms. The first-order chi connectivity index (χ1) is 9.54. The second-order valence-electron chi connectivity index (χ2n) is 5.54. The molecule has 0 bridgehead atoms. The molecule has 1 aromatic rings. The highest BCUT2D eigenvalue weighted by molar-refractivity contribution is 5.95. The second-order valence-corrected chi connectivity index (χ2v) is 5.54. The van der Waals surface area contributed by atoms with E-state index >= 15 is 0 Å². The number of hydrogen-bond donors (Lipinski definition) is 2. The number of halogens is 1. The second kappa shape index (κ2) is 6.17. The zero-order valence-corrected chi connectivity index (χ0v) is 11.9. The number of rotatable bonds is 3. The Labute approximate surface area is 118 Å². The highest BCUT2D eigenvalue weighted by Gasteiger charge is 2.27. The molecule has 0 unspecified atom stereocenters. The van der Waals surface area contributed by atoms with Crippen LogP contribution in [-0.2, 0) is 0 Å². The van der Waals surface area contributed by atoms with Crippen LogP contribution in [0.25, 0.3) is 0 Å². The van der Waals surface area contributed by atoms with Crippen LogP contribution in [-0.4, -0.2) is 28.9 Å². The molecule has 1 amide bonds. The number of hydrogen-bond acceptors (Lipinski definition) is 4. The van der Waals surface area contributed by atoms with E-state index in [1.807, 2.05) is 0 Å². The molecular formula is C14H21FN4O. The zero-order valence-electron chi connectivity index (χ0n) is 11.9. The molecule has 0 spiro atoms. The Morgan fingerprint density at radius 3 is 2.70 bits per heavy atom. The molecule has 1 aliphatic rings. The van der Waals surface area contributed by atoms with Crippen molar-refractivity contribution in [1.29, 1.82) is 0 Å². The van der Waals surface area contributed by atoms with Crippen molar-refractivity contribution in [3.05, 3.63) is 23.6 Å². The van der Waals surface area contributed by atoms with Gasteiger partial charge in [0, 0.05) is 19.3 Å². The fourth-order valence-corrected chi connectivity index (χ4v) is 2.65. The maximum absolute atomic E-state index is 14.0. The summed E-state index contributed by atoms with van der Waals surface area (Å²) in [5.41, 5.74) is 2.18. The van der Waals surface area contributed by atoms with Gasteiger partial charge in [0.05, 0.1) is 5.56 Å². The first-order valence-electron chi connectivity index (χ1n) is 6.95. The lowest BCUT2D eigenvalue weighted by Crippen LogP contribution is -2.40. The molecule has 0 aliphatic carbocycles. The molecular weight excluding hydrogens is 259 g/mol. The molecule has 1 aromatic heterocycles. The number of amides is 1. The average Bonchev–Trinajstić information content (AvgIpc) is 2.47. The van der Waals surface area contributed by atoms with Gasteiger partial charge >= 0.3 is 0 Å². The monoisotopic (exact) mass is 280 g/mol. The summed E-state index contributed by atoms with van der Waals surface area (Å²) in [7, 11) is 0. The Bertz CT molecular complexity index is 484. The third kappa shape index (κ3) is 2.90. The van der Waals surface area contributed by atoms with Crippen molar-refractivity contribution >= 4 is 11.7 Å². The molecule has 0 aromatic carbocycles. The molecule has 1 fully saturated rings. The fourth-order valence-electron chi connectivity index (χ4n) is 2.65. The van der Waals surface area contributed by atoms with Gasteiger partial charge in [0.1, 0.15) is 0 Å². The third-order valence-corrected chi connectivity index (χ3v) is 4.03. The van der Waals surface area contributed by atoms with Gasteiger partial charge in [0.15, 0.2) is 11.6 Å². The average molecular weight is 280 g/mol. The maximum atomic E-state index is 14.0. The Balaban J connectivity index is 2.09. The summed E-state index contributed by atoms with van der Waals surface area (Å²) in [5.74, 6) is 5.36. The van der Waals surface area contributed by atoms with Crippen LogP contribution in [0.1, 0.15) is 37.0 Å². The summed E-state index contributed by atoms with van der Waals surface area (Å²) < 4.78 is 14.0. The first-order valence-corrected chi connectivity index (χ1v) is 6.95. The van der Waals surface area contributed by atoms with Crippen LogP contribution in [0.4, 0.5) is 10.2 Å². The van der Waals surface area contributed by atoms with E-state index in [2.05, 4.69) is 24.3 Å². The Kier molecular flexibility index (Phi) is 4.54. The van der Waals surface area contributed by atoms with Gasteiger partial charge in [-0.05, 0) is 30.7 Å². The first kappa shape index (κ1) is 14.7.